The van der Waals surface area contributed by atoms with Crippen LogP contribution in [0.4, 0.5) is 38.7 Å². The average molecular weight is 585 g/mol. The number of hydrogen-bond donors (Lipinski definition) is 3. The van der Waals surface area contributed by atoms with E-state index in [1.165, 1.54) is 24.7 Å². The maximum absolute atomic E-state index is 13.5. The van der Waals surface area contributed by atoms with E-state index in [4.69, 9.17) is 0 Å². The van der Waals surface area contributed by atoms with Crippen molar-refractivity contribution in [2.45, 2.75) is 56.7 Å². The maximum atomic E-state index is 13.5. The number of nitrogens with one attached hydrogen (secondary N) is 3. The summed E-state index contributed by atoms with van der Waals surface area (Å²) in [6.45, 7) is 0.167. The van der Waals surface area contributed by atoms with E-state index in [1.807, 2.05) is 0 Å². The topological polar surface area (TPSA) is 119 Å². The van der Waals surface area contributed by atoms with Crippen LogP contribution in [-0.4, -0.2) is 55.2 Å². The molecule has 10 nitrogen and oxygen atoms in total. The summed E-state index contributed by atoms with van der Waals surface area (Å²) in [5.74, 6) is -1.64. The van der Waals surface area contributed by atoms with Crippen LogP contribution in [0.15, 0.2) is 12.4 Å². The van der Waals surface area contributed by atoms with Gasteiger partial charge in [-0.3, -0.25) is 18.8 Å². The lowest BCUT2D eigenvalue weighted by molar-refractivity contribution is -0.141. The number of thiophene rings is 1. The lowest BCUT2D eigenvalue weighted by atomic mass is 9.91. The molecule has 0 bridgehead atoms. The van der Waals surface area contributed by atoms with Crippen LogP contribution in [-0.2, 0) is 30.9 Å². The van der Waals surface area contributed by atoms with Gasteiger partial charge in [-0.2, -0.15) is 18.3 Å². The van der Waals surface area contributed by atoms with Crippen LogP contribution >= 0.6 is 11.3 Å². The van der Waals surface area contributed by atoms with E-state index in [9.17, 15) is 31.5 Å². The Morgan fingerprint density at radius 3 is 2.60 bits per heavy atom. The Kier molecular flexibility index (Phi) is 6.54. The quantitative estimate of drug-likeness (QED) is 0.345. The van der Waals surface area contributed by atoms with Gasteiger partial charge in [0.05, 0.1) is 11.5 Å². The normalized spacial score (nSPS) is 25.3. The number of hydrogen-bond acceptors (Lipinski definition) is 7. The zero-order valence-corrected chi connectivity index (χ0v) is 22.0. The molecule has 5 atom stereocenters. The minimum Gasteiger partial charge on any atom is -0.352 e. The molecule has 0 spiro atoms. The molecule has 3 aliphatic rings. The van der Waals surface area contributed by atoms with Gasteiger partial charge in [0.25, 0.3) is 5.91 Å². The van der Waals surface area contributed by atoms with Crippen LogP contribution < -0.4 is 16.0 Å². The highest BCUT2D eigenvalue weighted by Crippen LogP contribution is 2.43. The van der Waals surface area contributed by atoms with Crippen molar-refractivity contribution >= 4 is 39.9 Å². The number of halogens is 5. The smallest absolute Gasteiger partial charge is 0.352 e. The van der Waals surface area contributed by atoms with Gasteiger partial charge < -0.3 is 16.0 Å². The molecular formula is C24H25F5N8O2S. The van der Waals surface area contributed by atoms with Crippen molar-refractivity contribution < 1.29 is 31.5 Å². The second-order valence-corrected chi connectivity index (χ2v) is 11.5. The van der Waals surface area contributed by atoms with Crippen molar-refractivity contribution in [1.29, 1.82) is 0 Å². The third-order valence-electron chi connectivity index (χ3n) is 7.49. The SMILES string of the molecule is Cn1nc(C(F)(F)F)cc1Nc1nncn1C1CCc2sc(NC(=O)[C@H]3C[C@H]3F)c(C(=O)NC[C@H]3C[C@@H]3F)c2C1. The Morgan fingerprint density at radius 1 is 1.20 bits per heavy atom. The number of rotatable bonds is 8. The summed E-state index contributed by atoms with van der Waals surface area (Å²) in [4.78, 5) is 26.7. The molecule has 40 heavy (non-hydrogen) atoms. The number of anilines is 3. The summed E-state index contributed by atoms with van der Waals surface area (Å²) in [6.07, 6.45) is -3.26. The highest BCUT2D eigenvalue weighted by atomic mass is 32.1. The Bertz CT molecular complexity index is 1470. The first-order valence-electron chi connectivity index (χ1n) is 12.8. The number of carbonyl (C=O) groups is 2. The first kappa shape index (κ1) is 26.7. The van der Waals surface area contributed by atoms with Crippen LogP contribution in [0.5, 0.6) is 0 Å². The summed E-state index contributed by atoms with van der Waals surface area (Å²) < 4.78 is 69.0. The van der Waals surface area contributed by atoms with Crippen LogP contribution in [0, 0.1) is 11.8 Å². The van der Waals surface area contributed by atoms with E-state index >= 15 is 0 Å². The molecule has 0 saturated heterocycles. The molecular weight excluding hydrogens is 559 g/mol. The van der Waals surface area contributed by atoms with Gasteiger partial charge in [-0.25, -0.2) is 8.78 Å². The number of aryl methyl sites for hydroxylation is 2. The highest BCUT2D eigenvalue weighted by Gasteiger charge is 2.44. The molecule has 2 saturated carbocycles. The standard InChI is InChI=1S/C24H25F5N8O2S/c1-36-18(7-17(35-36)24(27,28)29)32-23-34-31-9-37(23)11-2-3-16-13(5-11)19(21(39)30-8-10-4-14(10)25)22(40-16)33-20(38)12-6-15(12)26/h7,9-12,14-15H,2-6,8H2,1H3,(H,30,39)(H,32,34)(H,33,38)/t10-,11?,12+,14+,15-/m1/s1. The molecule has 2 fully saturated rings. The molecule has 2 amide bonds. The van der Waals surface area contributed by atoms with Crippen LogP contribution in [0.25, 0.3) is 0 Å². The first-order chi connectivity index (χ1) is 19.0. The summed E-state index contributed by atoms with van der Waals surface area (Å²) >= 11 is 1.26. The summed E-state index contributed by atoms with van der Waals surface area (Å²) in [7, 11) is 1.37. The Hall–Kier alpha value is -3.56. The third kappa shape index (κ3) is 5.15. The Labute approximate surface area is 228 Å². The molecule has 3 aliphatic carbocycles. The second-order valence-electron chi connectivity index (χ2n) is 10.4. The maximum Gasteiger partial charge on any atom is 0.435 e. The molecule has 3 heterocycles. The number of nitrogens with zero attached hydrogens (tertiary/aromatic N) is 5. The number of amides is 2. The molecule has 3 aromatic heterocycles. The van der Waals surface area contributed by atoms with Crippen LogP contribution in [0.1, 0.15) is 51.8 Å². The Morgan fingerprint density at radius 2 is 1.95 bits per heavy atom. The molecule has 3 N–H and O–H groups in total. The average Bonchev–Trinajstić information content (AvgIpc) is 3.59. The predicted molar refractivity (Wildman–Crippen MR) is 134 cm³/mol. The van der Waals surface area contributed by atoms with E-state index in [1.54, 1.807) is 4.57 Å². The van der Waals surface area contributed by atoms with Crippen molar-refractivity contribution in [1.82, 2.24) is 29.9 Å². The minimum absolute atomic E-state index is 0.0659. The number of alkyl halides is 5. The number of carbonyl (C=O) groups excluding carboxylic acids is 2. The molecule has 6 rings (SSSR count). The van der Waals surface area contributed by atoms with Crippen LogP contribution in [0.3, 0.4) is 0 Å². The molecule has 0 radical (unpaired) electrons. The first-order valence-corrected chi connectivity index (χ1v) is 13.6. The van der Waals surface area contributed by atoms with Gasteiger partial charge in [-0.15, -0.1) is 21.5 Å². The van der Waals surface area contributed by atoms with Gasteiger partial charge >= 0.3 is 6.18 Å². The van der Waals surface area contributed by atoms with Gasteiger partial charge in [0.2, 0.25) is 11.9 Å². The fourth-order valence-electron chi connectivity index (χ4n) is 4.94. The zero-order chi connectivity index (χ0) is 28.3. The third-order valence-corrected chi connectivity index (χ3v) is 8.69. The largest absolute Gasteiger partial charge is 0.435 e. The molecule has 16 heteroatoms. The lowest BCUT2D eigenvalue weighted by Gasteiger charge is -2.25. The highest BCUT2D eigenvalue weighted by molar-refractivity contribution is 7.17. The van der Waals surface area contributed by atoms with Gasteiger partial charge in [0.15, 0.2) is 5.69 Å². The van der Waals surface area contributed by atoms with Gasteiger partial charge in [-0.05, 0) is 37.7 Å². The predicted octanol–water partition coefficient (Wildman–Crippen LogP) is 3.95. The molecule has 214 valence electrons. The molecule has 1 unspecified atom stereocenters. The summed E-state index contributed by atoms with van der Waals surface area (Å²) in [5, 5.41) is 20.1. The van der Waals surface area contributed by atoms with Crippen LogP contribution in [0.2, 0.25) is 0 Å². The van der Waals surface area contributed by atoms with Gasteiger partial charge in [0.1, 0.15) is 29.5 Å². The Balaban J connectivity index is 1.25. The summed E-state index contributed by atoms with van der Waals surface area (Å²) in [5.41, 5.74) is -0.0760. The van der Waals surface area contributed by atoms with Crippen molar-refractivity contribution in [2.24, 2.45) is 18.9 Å². The molecule has 0 aliphatic heterocycles. The van der Waals surface area contributed by atoms with Crippen molar-refractivity contribution in [3.8, 4) is 0 Å². The van der Waals surface area contributed by atoms with Gasteiger partial charge in [-0.1, -0.05) is 0 Å². The van der Waals surface area contributed by atoms with E-state index < -0.39 is 41.9 Å². The number of aromatic nitrogens is 5. The monoisotopic (exact) mass is 584 g/mol. The zero-order valence-electron chi connectivity index (χ0n) is 21.1. The fourth-order valence-corrected chi connectivity index (χ4v) is 6.19. The van der Waals surface area contributed by atoms with E-state index in [-0.39, 0.29) is 42.3 Å². The molecule has 3 aromatic rings. The van der Waals surface area contributed by atoms with E-state index in [2.05, 4.69) is 31.2 Å². The number of fused-ring (bicyclic) bond motifs is 1. The van der Waals surface area contributed by atoms with Crippen molar-refractivity contribution in [3.63, 3.8) is 0 Å². The fraction of sp³-hybridized carbons (Fsp3) is 0.542. The van der Waals surface area contributed by atoms with Crippen molar-refractivity contribution in [2.75, 3.05) is 17.2 Å². The van der Waals surface area contributed by atoms with E-state index in [0.717, 1.165) is 15.6 Å². The lowest BCUT2D eigenvalue weighted by Crippen LogP contribution is -2.29. The van der Waals surface area contributed by atoms with Crippen molar-refractivity contribution in [3.05, 3.63) is 34.1 Å². The molecule has 0 aromatic carbocycles. The minimum atomic E-state index is -4.61. The van der Waals surface area contributed by atoms with Gasteiger partial charge in [0, 0.05) is 36.5 Å². The van der Waals surface area contributed by atoms with E-state index in [0.29, 0.717) is 36.2 Å². The second kappa shape index (κ2) is 9.82. The summed E-state index contributed by atoms with van der Waals surface area (Å²) in [6, 6.07) is 0.611.